The standard InChI is InChI=1S/C21H27N3O3/c1-15(2)17-8-6-16(7-9-17)13-19(25)24-12-4-5-18(14-24)27-21-20(26-3)22-10-11-23-21/h6-11,15,18H,4-5,12-14H2,1-3H3. The van der Waals surface area contributed by atoms with Crippen LogP contribution in [-0.4, -0.2) is 47.1 Å². The Morgan fingerprint density at radius 1 is 1.19 bits per heavy atom. The fourth-order valence-electron chi connectivity index (χ4n) is 3.26. The van der Waals surface area contributed by atoms with Crippen molar-refractivity contribution >= 4 is 5.91 Å². The highest BCUT2D eigenvalue weighted by Gasteiger charge is 2.26. The molecule has 6 nitrogen and oxygen atoms in total. The van der Waals surface area contributed by atoms with E-state index in [9.17, 15) is 4.79 Å². The summed E-state index contributed by atoms with van der Waals surface area (Å²) < 4.78 is 11.1. The van der Waals surface area contributed by atoms with Gasteiger partial charge in [-0.15, -0.1) is 0 Å². The summed E-state index contributed by atoms with van der Waals surface area (Å²) in [6, 6.07) is 8.32. The lowest BCUT2D eigenvalue weighted by atomic mass is 10.0. The largest absolute Gasteiger partial charge is 0.477 e. The van der Waals surface area contributed by atoms with Crippen molar-refractivity contribution in [2.24, 2.45) is 0 Å². The van der Waals surface area contributed by atoms with Crippen LogP contribution in [-0.2, 0) is 11.2 Å². The van der Waals surface area contributed by atoms with E-state index in [-0.39, 0.29) is 12.0 Å². The zero-order chi connectivity index (χ0) is 19.2. The minimum absolute atomic E-state index is 0.100. The number of carbonyl (C=O) groups excluding carboxylic acids is 1. The number of nitrogens with zero attached hydrogens (tertiary/aromatic N) is 3. The van der Waals surface area contributed by atoms with E-state index in [1.165, 1.54) is 12.7 Å². The maximum Gasteiger partial charge on any atom is 0.278 e. The minimum Gasteiger partial charge on any atom is -0.477 e. The second-order valence-electron chi connectivity index (χ2n) is 7.17. The molecule has 27 heavy (non-hydrogen) atoms. The predicted octanol–water partition coefficient (Wildman–Crippen LogP) is 3.22. The summed E-state index contributed by atoms with van der Waals surface area (Å²) in [5.74, 6) is 1.37. The van der Waals surface area contributed by atoms with Crippen molar-refractivity contribution in [3.63, 3.8) is 0 Å². The van der Waals surface area contributed by atoms with Gasteiger partial charge in [-0.2, -0.15) is 0 Å². The highest BCUT2D eigenvalue weighted by atomic mass is 16.5. The Bertz CT molecular complexity index is 762. The van der Waals surface area contributed by atoms with Crippen LogP contribution in [0.2, 0.25) is 0 Å². The number of likely N-dealkylation sites (tertiary alicyclic amines) is 1. The number of benzene rings is 1. The fraction of sp³-hybridized carbons (Fsp3) is 0.476. The molecule has 1 aromatic carbocycles. The molecular weight excluding hydrogens is 342 g/mol. The summed E-state index contributed by atoms with van der Waals surface area (Å²) in [4.78, 5) is 22.9. The molecular formula is C21H27N3O3. The predicted molar refractivity (Wildman–Crippen MR) is 103 cm³/mol. The number of rotatable bonds is 6. The van der Waals surface area contributed by atoms with Crippen LogP contribution in [0, 0.1) is 0 Å². The normalized spacial score (nSPS) is 17.0. The van der Waals surface area contributed by atoms with Crippen molar-refractivity contribution in [1.82, 2.24) is 14.9 Å². The van der Waals surface area contributed by atoms with Crippen molar-refractivity contribution in [1.29, 1.82) is 0 Å². The molecule has 1 aliphatic heterocycles. The number of aromatic nitrogens is 2. The number of ether oxygens (including phenoxy) is 2. The average Bonchev–Trinajstić information content (AvgIpc) is 2.69. The summed E-state index contributed by atoms with van der Waals surface area (Å²) in [6.07, 6.45) is 5.24. The van der Waals surface area contributed by atoms with Gasteiger partial charge in [0.1, 0.15) is 6.10 Å². The van der Waals surface area contributed by atoms with E-state index in [0.717, 1.165) is 24.9 Å². The van der Waals surface area contributed by atoms with Crippen LogP contribution in [0.4, 0.5) is 0 Å². The van der Waals surface area contributed by atoms with Gasteiger partial charge >= 0.3 is 0 Å². The van der Waals surface area contributed by atoms with Crippen molar-refractivity contribution in [2.75, 3.05) is 20.2 Å². The van der Waals surface area contributed by atoms with Crippen LogP contribution < -0.4 is 9.47 Å². The first-order valence-corrected chi connectivity index (χ1v) is 9.45. The molecule has 1 unspecified atom stereocenters. The lowest BCUT2D eigenvalue weighted by Crippen LogP contribution is -2.45. The van der Waals surface area contributed by atoms with E-state index in [4.69, 9.17) is 9.47 Å². The van der Waals surface area contributed by atoms with Crippen LogP contribution in [0.1, 0.15) is 43.7 Å². The molecule has 0 saturated carbocycles. The number of hydrogen-bond acceptors (Lipinski definition) is 5. The Kier molecular flexibility index (Phi) is 6.27. The molecule has 2 heterocycles. The van der Waals surface area contributed by atoms with Gasteiger partial charge in [0, 0.05) is 18.9 Å². The van der Waals surface area contributed by atoms with Gasteiger partial charge in [0.05, 0.1) is 20.1 Å². The van der Waals surface area contributed by atoms with Gasteiger partial charge in [0.2, 0.25) is 5.91 Å². The average molecular weight is 369 g/mol. The lowest BCUT2D eigenvalue weighted by molar-refractivity contribution is -0.133. The Hall–Kier alpha value is -2.63. The molecule has 6 heteroatoms. The summed E-state index contributed by atoms with van der Waals surface area (Å²) >= 11 is 0. The Balaban J connectivity index is 1.59. The molecule has 3 rings (SSSR count). The summed E-state index contributed by atoms with van der Waals surface area (Å²) in [6.45, 7) is 5.66. The SMILES string of the molecule is COc1nccnc1OC1CCCN(C(=O)Cc2ccc(C(C)C)cc2)C1. The van der Waals surface area contributed by atoms with Gasteiger partial charge in [-0.3, -0.25) is 4.79 Å². The summed E-state index contributed by atoms with van der Waals surface area (Å²) in [7, 11) is 1.54. The maximum absolute atomic E-state index is 12.7. The molecule has 0 spiro atoms. The molecule has 2 aromatic rings. The second kappa shape index (κ2) is 8.84. The quantitative estimate of drug-likeness (QED) is 0.782. The minimum atomic E-state index is -0.100. The Morgan fingerprint density at radius 3 is 2.56 bits per heavy atom. The van der Waals surface area contributed by atoms with E-state index in [1.807, 2.05) is 4.90 Å². The third-order valence-electron chi connectivity index (χ3n) is 4.84. The first-order chi connectivity index (χ1) is 13.1. The Morgan fingerprint density at radius 2 is 1.89 bits per heavy atom. The van der Waals surface area contributed by atoms with Crippen LogP contribution in [0.15, 0.2) is 36.7 Å². The molecule has 1 aromatic heterocycles. The number of hydrogen-bond donors (Lipinski definition) is 0. The van der Waals surface area contributed by atoms with Gasteiger partial charge in [0.15, 0.2) is 0 Å². The van der Waals surface area contributed by atoms with E-state index in [2.05, 4.69) is 48.1 Å². The molecule has 1 aliphatic rings. The van der Waals surface area contributed by atoms with E-state index < -0.39 is 0 Å². The molecule has 1 saturated heterocycles. The van der Waals surface area contributed by atoms with Crippen LogP contribution in [0.25, 0.3) is 0 Å². The van der Waals surface area contributed by atoms with Crippen LogP contribution >= 0.6 is 0 Å². The highest BCUT2D eigenvalue weighted by molar-refractivity contribution is 5.79. The smallest absolute Gasteiger partial charge is 0.278 e. The molecule has 1 fully saturated rings. The Labute approximate surface area is 160 Å². The zero-order valence-electron chi connectivity index (χ0n) is 16.2. The third kappa shape index (κ3) is 4.96. The third-order valence-corrected chi connectivity index (χ3v) is 4.84. The molecule has 1 atom stereocenters. The second-order valence-corrected chi connectivity index (χ2v) is 7.17. The monoisotopic (exact) mass is 369 g/mol. The molecule has 0 radical (unpaired) electrons. The van der Waals surface area contributed by atoms with Gasteiger partial charge in [-0.05, 0) is 29.9 Å². The number of amides is 1. The van der Waals surface area contributed by atoms with Crippen molar-refractivity contribution < 1.29 is 14.3 Å². The summed E-state index contributed by atoms with van der Waals surface area (Å²) in [5, 5.41) is 0. The molecule has 0 bridgehead atoms. The topological polar surface area (TPSA) is 64.6 Å². The van der Waals surface area contributed by atoms with Crippen LogP contribution in [0.5, 0.6) is 11.8 Å². The van der Waals surface area contributed by atoms with Crippen molar-refractivity contribution in [3.05, 3.63) is 47.8 Å². The molecule has 0 N–H and O–H groups in total. The van der Waals surface area contributed by atoms with Gasteiger partial charge in [-0.25, -0.2) is 9.97 Å². The van der Waals surface area contributed by atoms with Crippen LogP contribution in [0.3, 0.4) is 0 Å². The zero-order valence-corrected chi connectivity index (χ0v) is 16.2. The van der Waals surface area contributed by atoms with Gasteiger partial charge in [-0.1, -0.05) is 38.1 Å². The van der Waals surface area contributed by atoms with Gasteiger partial charge in [0.25, 0.3) is 11.8 Å². The fourth-order valence-corrected chi connectivity index (χ4v) is 3.26. The number of piperidine rings is 1. The maximum atomic E-state index is 12.7. The van der Waals surface area contributed by atoms with Crippen molar-refractivity contribution in [2.45, 2.75) is 45.1 Å². The number of methoxy groups -OCH3 is 1. The van der Waals surface area contributed by atoms with E-state index in [1.54, 1.807) is 12.4 Å². The first kappa shape index (κ1) is 19.1. The molecule has 1 amide bonds. The van der Waals surface area contributed by atoms with Crippen molar-refractivity contribution in [3.8, 4) is 11.8 Å². The number of carbonyl (C=O) groups is 1. The van der Waals surface area contributed by atoms with E-state index in [0.29, 0.717) is 30.6 Å². The summed E-state index contributed by atoms with van der Waals surface area (Å²) in [5.41, 5.74) is 2.33. The van der Waals surface area contributed by atoms with Gasteiger partial charge < -0.3 is 14.4 Å². The first-order valence-electron chi connectivity index (χ1n) is 9.45. The highest BCUT2D eigenvalue weighted by Crippen LogP contribution is 2.24. The molecule has 0 aliphatic carbocycles. The molecule has 144 valence electrons. The lowest BCUT2D eigenvalue weighted by Gasteiger charge is -2.32. The van der Waals surface area contributed by atoms with E-state index >= 15 is 0 Å².